The van der Waals surface area contributed by atoms with E-state index in [0.29, 0.717) is 23.7 Å². The van der Waals surface area contributed by atoms with Crippen LogP contribution in [0, 0.1) is 6.92 Å². The van der Waals surface area contributed by atoms with Crippen molar-refractivity contribution in [2.45, 2.75) is 20.8 Å². The molecule has 0 aliphatic carbocycles. The van der Waals surface area contributed by atoms with Crippen LogP contribution in [0.4, 0.5) is 5.00 Å². The number of hydrogen-bond donors (Lipinski definition) is 1. The van der Waals surface area contributed by atoms with Gasteiger partial charge < -0.3 is 10.6 Å². The molecule has 3 nitrogen and oxygen atoms in total. The molecule has 0 fully saturated rings. The van der Waals surface area contributed by atoms with Gasteiger partial charge in [-0.15, -0.1) is 22.7 Å². The van der Waals surface area contributed by atoms with E-state index in [2.05, 4.69) is 13.0 Å². The molecular weight excluding hydrogens is 276 g/mol. The van der Waals surface area contributed by atoms with Crippen LogP contribution in [0.5, 0.6) is 0 Å². The Morgan fingerprint density at radius 2 is 2.00 bits per heavy atom. The third-order valence-electron chi connectivity index (χ3n) is 3.19. The van der Waals surface area contributed by atoms with Crippen molar-refractivity contribution in [1.29, 1.82) is 0 Å². The van der Waals surface area contributed by atoms with Gasteiger partial charge in [-0.05, 0) is 37.8 Å². The number of aryl methyl sites for hydroxylation is 1. The van der Waals surface area contributed by atoms with E-state index in [1.165, 1.54) is 16.9 Å². The Hall–Kier alpha value is -1.33. The Labute approximate surface area is 121 Å². The van der Waals surface area contributed by atoms with Crippen LogP contribution in [0.1, 0.15) is 29.8 Å². The molecule has 0 unspecified atom stereocenters. The van der Waals surface area contributed by atoms with Gasteiger partial charge in [-0.1, -0.05) is 0 Å². The minimum absolute atomic E-state index is 0.0338. The quantitative estimate of drug-likeness (QED) is 0.931. The van der Waals surface area contributed by atoms with Crippen LogP contribution in [0.25, 0.3) is 10.4 Å². The molecule has 0 radical (unpaired) electrons. The molecule has 1 amide bonds. The molecule has 0 aliphatic rings. The van der Waals surface area contributed by atoms with Crippen LogP contribution >= 0.6 is 22.7 Å². The zero-order chi connectivity index (χ0) is 14.0. The average molecular weight is 294 g/mol. The first-order chi connectivity index (χ1) is 9.10. The second-order valence-electron chi connectivity index (χ2n) is 4.30. The highest BCUT2D eigenvalue weighted by atomic mass is 32.1. The largest absolute Gasteiger partial charge is 0.390 e. The minimum Gasteiger partial charge on any atom is -0.390 e. The summed E-state index contributed by atoms with van der Waals surface area (Å²) in [6.07, 6.45) is 0. The molecule has 0 aliphatic heterocycles. The first-order valence-electron chi connectivity index (χ1n) is 6.30. The third kappa shape index (κ3) is 2.53. The van der Waals surface area contributed by atoms with Crippen molar-refractivity contribution in [3.05, 3.63) is 28.0 Å². The van der Waals surface area contributed by atoms with E-state index in [-0.39, 0.29) is 5.91 Å². The van der Waals surface area contributed by atoms with Crippen LogP contribution in [0.2, 0.25) is 0 Å². The van der Waals surface area contributed by atoms with E-state index in [4.69, 9.17) is 5.73 Å². The number of nitrogens with two attached hydrogens (primary N) is 1. The van der Waals surface area contributed by atoms with Crippen LogP contribution < -0.4 is 5.73 Å². The maximum Gasteiger partial charge on any atom is 0.257 e. The van der Waals surface area contributed by atoms with Crippen LogP contribution in [-0.2, 0) is 0 Å². The lowest BCUT2D eigenvalue weighted by atomic mass is 10.1. The second kappa shape index (κ2) is 5.75. The van der Waals surface area contributed by atoms with Gasteiger partial charge in [-0.25, -0.2) is 0 Å². The van der Waals surface area contributed by atoms with Crippen molar-refractivity contribution in [3.63, 3.8) is 0 Å². The van der Waals surface area contributed by atoms with Gasteiger partial charge in [0.25, 0.3) is 5.91 Å². The van der Waals surface area contributed by atoms with E-state index in [9.17, 15) is 4.79 Å². The topological polar surface area (TPSA) is 46.3 Å². The summed E-state index contributed by atoms with van der Waals surface area (Å²) in [5.41, 5.74) is 8.86. The highest BCUT2D eigenvalue weighted by Crippen LogP contribution is 2.38. The third-order valence-corrected chi connectivity index (χ3v) is 5.05. The van der Waals surface area contributed by atoms with E-state index in [1.807, 2.05) is 29.5 Å². The number of carbonyl (C=O) groups excluding carboxylic acids is 1. The molecule has 0 spiro atoms. The Kier molecular flexibility index (Phi) is 4.27. The highest BCUT2D eigenvalue weighted by Gasteiger charge is 2.23. The Bertz CT molecular complexity index is 582. The SMILES string of the molecule is CCN(CC)C(=O)c1c(-c2sccc2C)csc1N. The number of carbonyl (C=O) groups is 1. The first kappa shape index (κ1) is 14.1. The van der Waals surface area contributed by atoms with Crippen molar-refractivity contribution in [2.24, 2.45) is 0 Å². The molecule has 102 valence electrons. The van der Waals surface area contributed by atoms with Gasteiger partial charge in [0.2, 0.25) is 0 Å². The van der Waals surface area contributed by atoms with Crippen LogP contribution in [0.3, 0.4) is 0 Å². The molecule has 0 bridgehead atoms. The number of thiophene rings is 2. The van der Waals surface area contributed by atoms with Crippen molar-refractivity contribution in [2.75, 3.05) is 18.8 Å². The van der Waals surface area contributed by atoms with Gasteiger partial charge >= 0.3 is 0 Å². The number of nitrogens with zero attached hydrogens (tertiary/aromatic N) is 1. The fourth-order valence-electron chi connectivity index (χ4n) is 2.08. The first-order valence-corrected chi connectivity index (χ1v) is 8.06. The van der Waals surface area contributed by atoms with E-state index in [1.54, 1.807) is 11.3 Å². The molecule has 2 aromatic heterocycles. The number of amides is 1. The van der Waals surface area contributed by atoms with E-state index in [0.717, 1.165) is 10.4 Å². The Balaban J connectivity index is 2.50. The normalized spacial score (nSPS) is 10.7. The number of hydrogen-bond acceptors (Lipinski definition) is 4. The zero-order valence-electron chi connectivity index (χ0n) is 11.4. The predicted molar refractivity (Wildman–Crippen MR) is 84.0 cm³/mol. The molecule has 0 atom stereocenters. The maximum absolute atomic E-state index is 12.6. The monoisotopic (exact) mass is 294 g/mol. The summed E-state index contributed by atoms with van der Waals surface area (Å²) in [4.78, 5) is 15.5. The summed E-state index contributed by atoms with van der Waals surface area (Å²) in [5.74, 6) is 0.0338. The summed E-state index contributed by atoms with van der Waals surface area (Å²) in [6.45, 7) is 7.44. The summed E-state index contributed by atoms with van der Waals surface area (Å²) in [7, 11) is 0. The fraction of sp³-hybridized carbons (Fsp3) is 0.357. The summed E-state index contributed by atoms with van der Waals surface area (Å²) < 4.78 is 0. The van der Waals surface area contributed by atoms with Crippen molar-refractivity contribution in [3.8, 4) is 10.4 Å². The maximum atomic E-state index is 12.6. The number of anilines is 1. The molecule has 2 N–H and O–H groups in total. The van der Waals surface area contributed by atoms with Crippen LogP contribution in [0.15, 0.2) is 16.8 Å². The van der Waals surface area contributed by atoms with Gasteiger partial charge in [0.15, 0.2) is 0 Å². The fourth-order valence-corrected chi connectivity index (χ4v) is 3.90. The second-order valence-corrected chi connectivity index (χ2v) is 6.13. The van der Waals surface area contributed by atoms with Gasteiger partial charge in [-0.2, -0.15) is 0 Å². The minimum atomic E-state index is 0.0338. The molecule has 0 saturated carbocycles. The van der Waals surface area contributed by atoms with Crippen molar-refractivity contribution in [1.82, 2.24) is 4.90 Å². The number of rotatable bonds is 4. The highest BCUT2D eigenvalue weighted by molar-refractivity contribution is 7.16. The van der Waals surface area contributed by atoms with E-state index >= 15 is 0 Å². The molecule has 5 heteroatoms. The lowest BCUT2D eigenvalue weighted by Crippen LogP contribution is -2.31. The van der Waals surface area contributed by atoms with E-state index < -0.39 is 0 Å². The summed E-state index contributed by atoms with van der Waals surface area (Å²) >= 11 is 3.10. The Morgan fingerprint density at radius 1 is 1.32 bits per heavy atom. The van der Waals surface area contributed by atoms with Crippen LogP contribution in [-0.4, -0.2) is 23.9 Å². The van der Waals surface area contributed by atoms with Crippen molar-refractivity contribution < 1.29 is 4.79 Å². The van der Waals surface area contributed by atoms with Gasteiger partial charge in [0.1, 0.15) is 0 Å². The lowest BCUT2D eigenvalue weighted by molar-refractivity contribution is 0.0775. The van der Waals surface area contributed by atoms with Crippen molar-refractivity contribution >= 4 is 33.6 Å². The molecule has 2 heterocycles. The zero-order valence-corrected chi connectivity index (χ0v) is 13.0. The van der Waals surface area contributed by atoms with Gasteiger partial charge in [-0.3, -0.25) is 4.79 Å². The smallest absolute Gasteiger partial charge is 0.257 e. The van der Waals surface area contributed by atoms with Gasteiger partial charge in [0, 0.05) is 28.9 Å². The molecule has 2 aromatic rings. The summed E-state index contributed by atoms with van der Waals surface area (Å²) in [6, 6.07) is 2.07. The number of nitrogen functional groups attached to an aromatic ring is 1. The molecule has 2 rings (SSSR count). The molecule has 0 saturated heterocycles. The molecule has 19 heavy (non-hydrogen) atoms. The Morgan fingerprint density at radius 3 is 2.53 bits per heavy atom. The predicted octanol–water partition coefficient (Wildman–Crippen LogP) is 3.85. The van der Waals surface area contributed by atoms with Gasteiger partial charge in [0.05, 0.1) is 10.6 Å². The lowest BCUT2D eigenvalue weighted by Gasteiger charge is -2.19. The standard InChI is InChI=1S/C14H18N2OS2/c1-4-16(5-2)14(17)11-10(8-19-13(11)15)12-9(3)6-7-18-12/h6-8H,4-5,15H2,1-3H3. The summed E-state index contributed by atoms with van der Waals surface area (Å²) in [5, 5.41) is 4.65. The average Bonchev–Trinajstić information content (AvgIpc) is 2.96. The molecular formula is C14H18N2OS2. The molecule has 0 aromatic carbocycles.